The third-order valence-corrected chi connectivity index (χ3v) is 5.86. The number of fused-ring (bicyclic) bond motifs is 1. The van der Waals surface area contributed by atoms with Crippen LogP contribution in [0.1, 0.15) is 30.4 Å². The lowest BCUT2D eigenvalue weighted by molar-refractivity contribution is -0.128. The summed E-state index contributed by atoms with van der Waals surface area (Å²) in [5.74, 6) is 0.0963. The van der Waals surface area contributed by atoms with E-state index in [0.717, 1.165) is 22.0 Å². The van der Waals surface area contributed by atoms with Crippen LogP contribution in [0.5, 0.6) is 0 Å². The van der Waals surface area contributed by atoms with Gasteiger partial charge in [-0.3, -0.25) is 9.59 Å². The van der Waals surface area contributed by atoms with Crippen LogP contribution in [-0.2, 0) is 23.2 Å². The van der Waals surface area contributed by atoms with Crippen molar-refractivity contribution in [2.24, 2.45) is 13.0 Å². The molecule has 2 heterocycles. The Balaban J connectivity index is 1.35. The number of hydrogen-bond acceptors (Lipinski definition) is 2. The molecule has 0 spiro atoms. The number of benzene rings is 2. The number of hydrogen-bond donors (Lipinski definition) is 1. The van der Waals surface area contributed by atoms with Gasteiger partial charge in [0, 0.05) is 56.1 Å². The molecule has 0 saturated carbocycles. The van der Waals surface area contributed by atoms with Gasteiger partial charge in [-0.1, -0.05) is 48.5 Å². The number of carbonyl (C=O) groups excluding carboxylic acids is 2. The predicted molar refractivity (Wildman–Crippen MR) is 114 cm³/mol. The zero-order valence-corrected chi connectivity index (χ0v) is 17.0. The van der Waals surface area contributed by atoms with Crippen molar-refractivity contribution in [3.05, 3.63) is 71.9 Å². The fourth-order valence-electron chi connectivity index (χ4n) is 4.20. The number of amides is 2. The van der Waals surface area contributed by atoms with Gasteiger partial charge >= 0.3 is 0 Å². The van der Waals surface area contributed by atoms with Gasteiger partial charge in [-0.2, -0.15) is 0 Å². The average Bonchev–Trinajstić information content (AvgIpc) is 3.26. The highest BCUT2D eigenvalue weighted by Crippen LogP contribution is 2.27. The second kappa shape index (κ2) is 8.11. The molecule has 2 amide bonds. The molecule has 3 aromatic rings. The lowest BCUT2D eigenvalue weighted by Crippen LogP contribution is -2.33. The van der Waals surface area contributed by atoms with Crippen molar-refractivity contribution in [3.63, 3.8) is 0 Å². The Hall–Kier alpha value is -3.08. The number of para-hydroxylation sites is 1. The van der Waals surface area contributed by atoms with Crippen LogP contribution in [0.3, 0.4) is 0 Å². The van der Waals surface area contributed by atoms with Crippen molar-refractivity contribution in [2.45, 2.75) is 25.8 Å². The number of likely N-dealkylation sites (tertiary alicyclic amines) is 1. The first-order valence-corrected chi connectivity index (χ1v) is 10.2. The predicted octanol–water partition coefficient (Wildman–Crippen LogP) is 3.45. The Morgan fingerprint density at radius 2 is 1.86 bits per heavy atom. The third kappa shape index (κ3) is 4.04. The van der Waals surface area contributed by atoms with Crippen LogP contribution in [0.4, 0.5) is 0 Å². The fraction of sp³-hybridized carbons (Fsp3) is 0.333. The molecule has 5 heteroatoms. The summed E-state index contributed by atoms with van der Waals surface area (Å²) < 4.78 is 2.06. The first-order chi connectivity index (χ1) is 14.0. The highest BCUT2D eigenvalue weighted by atomic mass is 16.2. The summed E-state index contributed by atoms with van der Waals surface area (Å²) in [5, 5.41) is 4.19. The lowest BCUT2D eigenvalue weighted by Gasteiger charge is -2.18. The Bertz CT molecular complexity index is 1030. The molecular weight excluding hydrogens is 362 g/mol. The Morgan fingerprint density at radius 3 is 2.66 bits per heavy atom. The summed E-state index contributed by atoms with van der Waals surface area (Å²) in [6.45, 7) is 3.80. The first-order valence-electron chi connectivity index (χ1n) is 10.2. The second-order valence-corrected chi connectivity index (χ2v) is 8.01. The molecule has 4 rings (SSSR count). The maximum absolute atomic E-state index is 12.8. The fourth-order valence-corrected chi connectivity index (χ4v) is 4.20. The van der Waals surface area contributed by atoms with Crippen LogP contribution in [0.25, 0.3) is 10.9 Å². The van der Waals surface area contributed by atoms with E-state index in [-0.39, 0.29) is 23.7 Å². The Morgan fingerprint density at radius 1 is 1.14 bits per heavy atom. The summed E-state index contributed by atoms with van der Waals surface area (Å²) in [4.78, 5) is 27.0. The van der Waals surface area contributed by atoms with Gasteiger partial charge in [0.25, 0.3) is 0 Å². The molecule has 1 aromatic heterocycles. The second-order valence-electron chi connectivity index (χ2n) is 8.01. The summed E-state index contributed by atoms with van der Waals surface area (Å²) in [7, 11) is 2.00. The van der Waals surface area contributed by atoms with Crippen LogP contribution in [0.15, 0.2) is 60.8 Å². The molecule has 1 N–H and O–H groups in total. The number of carbonyl (C=O) groups is 2. The Labute approximate surface area is 171 Å². The first kappa shape index (κ1) is 19.2. The van der Waals surface area contributed by atoms with Gasteiger partial charge in [-0.25, -0.2) is 0 Å². The minimum absolute atomic E-state index is 0.00955. The third-order valence-electron chi connectivity index (χ3n) is 5.86. The van der Waals surface area contributed by atoms with Gasteiger partial charge < -0.3 is 14.8 Å². The van der Waals surface area contributed by atoms with Gasteiger partial charge in [0.15, 0.2) is 0 Å². The van der Waals surface area contributed by atoms with Crippen molar-refractivity contribution in [1.82, 2.24) is 14.8 Å². The number of aromatic nitrogens is 1. The van der Waals surface area contributed by atoms with E-state index < -0.39 is 0 Å². The van der Waals surface area contributed by atoms with Gasteiger partial charge in [0.1, 0.15) is 0 Å². The summed E-state index contributed by atoms with van der Waals surface area (Å²) in [6.07, 6.45) is 2.53. The van der Waals surface area contributed by atoms with Gasteiger partial charge in [0.05, 0.1) is 5.92 Å². The largest absolute Gasteiger partial charge is 0.355 e. The normalized spacial score (nSPS) is 17.7. The van der Waals surface area contributed by atoms with Crippen molar-refractivity contribution in [2.75, 3.05) is 13.1 Å². The van der Waals surface area contributed by atoms with E-state index in [0.29, 0.717) is 26.1 Å². The molecule has 29 heavy (non-hydrogen) atoms. The molecule has 1 fully saturated rings. The number of nitrogens with one attached hydrogen (secondary N) is 1. The number of aryl methyl sites for hydroxylation is 1. The molecule has 1 aliphatic rings. The average molecular weight is 389 g/mol. The molecule has 0 radical (unpaired) electrons. The van der Waals surface area contributed by atoms with Gasteiger partial charge in [0.2, 0.25) is 11.8 Å². The van der Waals surface area contributed by atoms with Crippen LogP contribution in [0.2, 0.25) is 0 Å². The molecule has 2 atom stereocenters. The van der Waals surface area contributed by atoms with E-state index in [4.69, 9.17) is 0 Å². The van der Waals surface area contributed by atoms with Crippen LogP contribution < -0.4 is 5.32 Å². The SMILES string of the molecule is CC(C(=O)NCC1CC(=O)N(Cc2ccccc2)C1)c1cn(C)c2ccccc12. The van der Waals surface area contributed by atoms with E-state index in [1.807, 2.05) is 67.5 Å². The lowest BCUT2D eigenvalue weighted by atomic mass is 9.99. The molecule has 2 unspecified atom stereocenters. The van der Waals surface area contributed by atoms with Gasteiger partial charge in [-0.05, 0) is 24.1 Å². The number of rotatable bonds is 6. The van der Waals surface area contributed by atoms with Crippen molar-refractivity contribution >= 4 is 22.7 Å². The highest BCUT2D eigenvalue weighted by Gasteiger charge is 2.30. The van der Waals surface area contributed by atoms with E-state index >= 15 is 0 Å². The zero-order chi connectivity index (χ0) is 20.4. The monoisotopic (exact) mass is 389 g/mol. The maximum atomic E-state index is 12.8. The minimum Gasteiger partial charge on any atom is -0.355 e. The van der Waals surface area contributed by atoms with Crippen molar-refractivity contribution in [3.8, 4) is 0 Å². The molecule has 0 aliphatic carbocycles. The molecule has 0 bridgehead atoms. The van der Waals surface area contributed by atoms with Crippen LogP contribution in [0, 0.1) is 5.92 Å². The zero-order valence-electron chi connectivity index (χ0n) is 17.0. The quantitative estimate of drug-likeness (QED) is 0.702. The van der Waals surface area contributed by atoms with Crippen LogP contribution in [-0.4, -0.2) is 34.4 Å². The minimum atomic E-state index is -0.237. The summed E-state index contributed by atoms with van der Waals surface area (Å²) in [6, 6.07) is 18.2. The molecule has 2 aromatic carbocycles. The van der Waals surface area contributed by atoms with E-state index in [1.165, 1.54) is 0 Å². The van der Waals surface area contributed by atoms with Gasteiger partial charge in [-0.15, -0.1) is 0 Å². The van der Waals surface area contributed by atoms with E-state index in [1.54, 1.807) is 0 Å². The van der Waals surface area contributed by atoms with Crippen molar-refractivity contribution < 1.29 is 9.59 Å². The van der Waals surface area contributed by atoms with E-state index in [2.05, 4.69) is 22.0 Å². The molecule has 150 valence electrons. The smallest absolute Gasteiger partial charge is 0.227 e. The Kier molecular flexibility index (Phi) is 5.38. The molecular formula is C24H27N3O2. The number of nitrogens with zero attached hydrogens (tertiary/aromatic N) is 2. The van der Waals surface area contributed by atoms with Crippen LogP contribution >= 0.6 is 0 Å². The molecule has 1 saturated heterocycles. The summed E-state index contributed by atoms with van der Waals surface area (Å²) in [5.41, 5.74) is 3.30. The van der Waals surface area contributed by atoms with Crippen molar-refractivity contribution in [1.29, 1.82) is 0 Å². The van der Waals surface area contributed by atoms with E-state index in [9.17, 15) is 9.59 Å². The maximum Gasteiger partial charge on any atom is 0.227 e. The summed E-state index contributed by atoms with van der Waals surface area (Å²) >= 11 is 0. The topological polar surface area (TPSA) is 54.3 Å². The molecule has 1 aliphatic heterocycles. The highest BCUT2D eigenvalue weighted by molar-refractivity contribution is 5.92. The molecule has 5 nitrogen and oxygen atoms in total. The standard InChI is InChI=1S/C24H27N3O2/c1-17(21-16-26(2)22-11-7-6-10-20(21)22)24(29)25-13-19-12-23(28)27(15-19)14-18-8-4-3-5-9-18/h3-11,16-17,19H,12-15H2,1-2H3,(H,25,29).